The minimum Gasteiger partial charge on any atom is -0.392 e. The number of benzene rings is 1. The second-order valence-corrected chi connectivity index (χ2v) is 3.58. The summed E-state index contributed by atoms with van der Waals surface area (Å²) >= 11 is 3.38. The van der Waals surface area contributed by atoms with Crippen molar-refractivity contribution in [1.29, 1.82) is 0 Å². The van der Waals surface area contributed by atoms with Crippen molar-refractivity contribution in [3.8, 4) is 0 Å². The van der Waals surface area contributed by atoms with Crippen LogP contribution >= 0.6 is 15.9 Å². The standard InChI is InChI=1S/C9H8BrNO/c10-8-3-6-1-2-11-9(6)7(4-8)5-12/h1-4,11-12H,5H2. The Kier molecular flexibility index (Phi) is 1.90. The number of hydrogen-bond acceptors (Lipinski definition) is 1. The first-order chi connectivity index (χ1) is 5.81. The van der Waals surface area contributed by atoms with Crippen molar-refractivity contribution < 1.29 is 5.11 Å². The second-order valence-electron chi connectivity index (χ2n) is 2.66. The van der Waals surface area contributed by atoms with Crippen LogP contribution in [0.4, 0.5) is 0 Å². The van der Waals surface area contributed by atoms with Gasteiger partial charge in [0.1, 0.15) is 0 Å². The summed E-state index contributed by atoms with van der Waals surface area (Å²) in [5.41, 5.74) is 1.94. The van der Waals surface area contributed by atoms with E-state index in [9.17, 15) is 0 Å². The van der Waals surface area contributed by atoms with Crippen LogP contribution in [0.15, 0.2) is 28.9 Å². The highest BCUT2D eigenvalue weighted by atomic mass is 79.9. The lowest BCUT2D eigenvalue weighted by Gasteiger charge is -1.99. The van der Waals surface area contributed by atoms with Gasteiger partial charge in [0.2, 0.25) is 0 Å². The topological polar surface area (TPSA) is 36.0 Å². The zero-order chi connectivity index (χ0) is 8.55. The van der Waals surface area contributed by atoms with Gasteiger partial charge < -0.3 is 10.1 Å². The summed E-state index contributed by atoms with van der Waals surface area (Å²) in [6.07, 6.45) is 1.87. The van der Waals surface area contributed by atoms with E-state index < -0.39 is 0 Å². The van der Waals surface area contributed by atoms with Gasteiger partial charge in [-0.2, -0.15) is 0 Å². The van der Waals surface area contributed by atoms with Gasteiger partial charge in [-0.25, -0.2) is 0 Å². The fourth-order valence-corrected chi connectivity index (χ4v) is 1.86. The van der Waals surface area contributed by atoms with Crippen molar-refractivity contribution in [3.05, 3.63) is 34.4 Å². The number of aliphatic hydroxyl groups is 1. The first-order valence-corrected chi connectivity index (χ1v) is 4.47. The molecule has 0 saturated heterocycles. The summed E-state index contributed by atoms with van der Waals surface area (Å²) in [5, 5.41) is 10.2. The van der Waals surface area contributed by atoms with Crippen molar-refractivity contribution in [2.24, 2.45) is 0 Å². The Bertz CT molecular complexity index is 408. The molecule has 0 amide bonds. The quantitative estimate of drug-likeness (QED) is 0.769. The highest BCUT2D eigenvalue weighted by molar-refractivity contribution is 9.10. The lowest BCUT2D eigenvalue weighted by molar-refractivity contribution is 0.283. The van der Waals surface area contributed by atoms with Crippen molar-refractivity contribution in [1.82, 2.24) is 4.98 Å². The number of hydrogen-bond donors (Lipinski definition) is 2. The number of aromatic amines is 1. The summed E-state index contributed by atoms with van der Waals surface area (Å²) in [5.74, 6) is 0. The van der Waals surface area contributed by atoms with E-state index in [2.05, 4.69) is 20.9 Å². The smallest absolute Gasteiger partial charge is 0.0702 e. The average molecular weight is 226 g/mol. The molecule has 0 spiro atoms. The summed E-state index contributed by atoms with van der Waals surface area (Å²) in [6.45, 7) is 0.0659. The fraction of sp³-hybridized carbons (Fsp3) is 0.111. The number of rotatable bonds is 1. The van der Waals surface area contributed by atoms with Gasteiger partial charge in [0.05, 0.1) is 12.1 Å². The summed E-state index contributed by atoms with van der Waals surface area (Å²) in [6, 6.07) is 5.92. The van der Waals surface area contributed by atoms with Crippen LogP contribution in [-0.2, 0) is 6.61 Å². The van der Waals surface area contributed by atoms with Crippen molar-refractivity contribution in [3.63, 3.8) is 0 Å². The Morgan fingerprint density at radius 2 is 2.25 bits per heavy atom. The molecule has 0 atom stereocenters. The zero-order valence-corrected chi connectivity index (χ0v) is 7.93. The van der Waals surface area contributed by atoms with Crippen molar-refractivity contribution in [2.75, 3.05) is 0 Å². The van der Waals surface area contributed by atoms with E-state index in [0.717, 1.165) is 20.9 Å². The Morgan fingerprint density at radius 3 is 3.00 bits per heavy atom. The first-order valence-electron chi connectivity index (χ1n) is 3.67. The van der Waals surface area contributed by atoms with E-state index in [1.807, 2.05) is 24.4 Å². The van der Waals surface area contributed by atoms with Crippen LogP contribution in [0, 0.1) is 0 Å². The molecule has 12 heavy (non-hydrogen) atoms. The monoisotopic (exact) mass is 225 g/mol. The van der Waals surface area contributed by atoms with E-state index in [1.165, 1.54) is 0 Å². The van der Waals surface area contributed by atoms with E-state index in [-0.39, 0.29) is 6.61 Å². The molecule has 0 aliphatic rings. The van der Waals surface area contributed by atoms with E-state index in [1.54, 1.807) is 0 Å². The molecular weight excluding hydrogens is 218 g/mol. The van der Waals surface area contributed by atoms with Crippen LogP contribution in [0.25, 0.3) is 10.9 Å². The molecule has 0 bridgehead atoms. The maximum atomic E-state index is 9.04. The molecule has 2 aromatic rings. The van der Waals surface area contributed by atoms with Gasteiger partial charge in [-0.05, 0) is 18.2 Å². The minimum absolute atomic E-state index is 0.0659. The normalized spacial score (nSPS) is 10.8. The minimum atomic E-state index is 0.0659. The van der Waals surface area contributed by atoms with Gasteiger partial charge in [-0.3, -0.25) is 0 Å². The molecule has 0 aliphatic carbocycles. The number of fused-ring (bicyclic) bond motifs is 1. The van der Waals surface area contributed by atoms with Gasteiger partial charge >= 0.3 is 0 Å². The maximum absolute atomic E-state index is 9.04. The number of nitrogens with one attached hydrogen (secondary N) is 1. The molecule has 1 aromatic heterocycles. The molecule has 1 aromatic carbocycles. The highest BCUT2D eigenvalue weighted by Crippen LogP contribution is 2.22. The summed E-state index contributed by atoms with van der Waals surface area (Å²) in [7, 11) is 0. The van der Waals surface area contributed by atoms with Crippen LogP contribution in [0.1, 0.15) is 5.56 Å². The molecular formula is C9H8BrNO. The Balaban J connectivity index is 2.80. The van der Waals surface area contributed by atoms with Crippen LogP contribution in [0.5, 0.6) is 0 Å². The van der Waals surface area contributed by atoms with Gasteiger partial charge in [-0.1, -0.05) is 15.9 Å². The van der Waals surface area contributed by atoms with Crippen LogP contribution in [-0.4, -0.2) is 10.1 Å². The Labute approximate surface area is 78.3 Å². The highest BCUT2D eigenvalue weighted by Gasteiger charge is 2.01. The Morgan fingerprint density at radius 1 is 1.42 bits per heavy atom. The lowest BCUT2D eigenvalue weighted by Crippen LogP contribution is -1.84. The van der Waals surface area contributed by atoms with Gasteiger partial charge in [0.25, 0.3) is 0 Å². The van der Waals surface area contributed by atoms with Gasteiger partial charge in [0.15, 0.2) is 0 Å². The number of H-pyrrole nitrogens is 1. The molecule has 0 aliphatic heterocycles. The maximum Gasteiger partial charge on any atom is 0.0702 e. The molecule has 0 fully saturated rings. The summed E-state index contributed by atoms with van der Waals surface area (Å²) < 4.78 is 0.999. The molecule has 2 N–H and O–H groups in total. The molecule has 2 nitrogen and oxygen atoms in total. The first kappa shape index (κ1) is 7.83. The third-order valence-corrected chi connectivity index (χ3v) is 2.33. The van der Waals surface area contributed by atoms with E-state index >= 15 is 0 Å². The fourth-order valence-electron chi connectivity index (χ4n) is 1.33. The van der Waals surface area contributed by atoms with E-state index in [0.29, 0.717) is 0 Å². The average Bonchev–Trinajstić information content (AvgIpc) is 2.50. The molecule has 0 radical (unpaired) electrons. The SMILES string of the molecule is OCc1cc(Br)cc2cc[nH]c12. The van der Waals surface area contributed by atoms with Crippen LogP contribution in [0.2, 0.25) is 0 Å². The molecule has 62 valence electrons. The number of aromatic nitrogens is 1. The second kappa shape index (κ2) is 2.92. The lowest BCUT2D eigenvalue weighted by atomic mass is 10.1. The molecule has 0 unspecified atom stereocenters. The van der Waals surface area contributed by atoms with Crippen molar-refractivity contribution in [2.45, 2.75) is 6.61 Å². The van der Waals surface area contributed by atoms with Crippen LogP contribution in [0.3, 0.4) is 0 Å². The molecule has 3 heteroatoms. The van der Waals surface area contributed by atoms with E-state index in [4.69, 9.17) is 5.11 Å². The number of aliphatic hydroxyl groups excluding tert-OH is 1. The van der Waals surface area contributed by atoms with Gasteiger partial charge in [0, 0.05) is 21.6 Å². The summed E-state index contributed by atoms with van der Waals surface area (Å²) in [4.78, 5) is 3.09. The van der Waals surface area contributed by atoms with Gasteiger partial charge in [-0.15, -0.1) is 0 Å². The third kappa shape index (κ3) is 1.15. The molecule has 1 heterocycles. The Hall–Kier alpha value is -0.800. The molecule has 2 rings (SSSR count). The third-order valence-electron chi connectivity index (χ3n) is 1.88. The predicted octanol–water partition coefficient (Wildman–Crippen LogP) is 2.42. The van der Waals surface area contributed by atoms with Crippen LogP contribution < -0.4 is 0 Å². The largest absolute Gasteiger partial charge is 0.392 e. The zero-order valence-electron chi connectivity index (χ0n) is 6.34. The predicted molar refractivity (Wildman–Crippen MR) is 51.9 cm³/mol. The molecule has 0 saturated carbocycles. The number of halogens is 1. The van der Waals surface area contributed by atoms with Crippen molar-refractivity contribution >= 4 is 26.8 Å².